The fraction of sp³-hybridized carbons (Fsp3) is 0.182. The summed E-state index contributed by atoms with van der Waals surface area (Å²) in [5.41, 5.74) is 9.95. The van der Waals surface area contributed by atoms with Gasteiger partial charge < -0.3 is 15.4 Å². The molecule has 0 radical (unpaired) electrons. The van der Waals surface area contributed by atoms with Gasteiger partial charge in [-0.2, -0.15) is 0 Å². The minimum absolute atomic E-state index is 0.0514. The highest BCUT2D eigenvalue weighted by Crippen LogP contribution is 2.38. The Labute approximate surface area is 166 Å². The molecule has 0 aliphatic carbocycles. The Morgan fingerprint density at radius 1 is 1.25 bits per heavy atom. The highest BCUT2D eigenvalue weighted by molar-refractivity contribution is 7.21. The van der Waals surface area contributed by atoms with E-state index in [-0.39, 0.29) is 5.91 Å². The van der Waals surface area contributed by atoms with E-state index < -0.39 is 0 Å². The monoisotopic (exact) mass is 389 g/mol. The number of hydrogen-bond acceptors (Lipinski definition) is 5. The Balaban J connectivity index is 1.59. The summed E-state index contributed by atoms with van der Waals surface area (Å²) in [6, 6.07) is 15.8. The van der Waals surface area contributed by atoms with Crippen molar-refractivity contribution in [2.45, 2.75) is 13.3 Å². The molecule has 4 aromatic rings. The number of nitrogens with two attached hydrogens (primary N) is 1. The molecule has 3 heterocycles. The first-order chi connectivity index (χ1) is 13.7. The van der Waals surface area contributed by atoms with E-state index in [1.54, 1.807) is 0 Å². The quantitative estimate of drug-likeness (QED) is 0.554. The molecule has 0 saturated heterocycles. The summed E-state index contributed by atoms with van der Waals surface area (Å²) >= 11 is 1.36. The fourth-order valence-electron chi connectivity index (χ4n) is 3.77. The zero-order valence-electron chi connectivity index (χ0n) is 15.4. The molecule has 2 aromatic carbocycles. The van der Waals surface area contributed by atoms with Crippen LogP contribution in [0.1, 0.15) is 22.2 Å². The smallest absolute Gasteiger partial charge is 0.270 e. The molecule has 1 aliphatic heterocycles. The lowest BCUT2D eigenvalue weighted by molar-refractivity contribution is 0.0994. The molecule has 1 aliphatic rings. The Bertz CT molecular complexity index is 1230. The molecular weight excluding hydrogens is 370 g/mol. The molecule has 28 heavy (non-hydrogen) atoms. The van der Waals surface area contributed by atoms with E-state index in [1.807, 2.05) is 54.3 Å². The van der Waals surface area contributed by atoms with Gasteiger partial charge in [-0.3, -0.25) is 4.79 Å². The number of amides is 1. The number of nitrogens with zero attached hydrogens (tertiary/aromatic N) is 2. The molecule has 0 saturated carbocycles. The van der Waals surface area contributed by atoms with E-state index in [0.717, 1.165) is 39.0 Å². The predicted octanol–water partition coefficient (Wildman–Crippen LogP) is 4.63. The number of nitrogen functional groups attached to an aromatic ring is 1. The number of anilines is 2. The number of fused-ring (bicyclic) bond motifs is 3. The molecular formula is C22H19N3O2S. The number of para-hydroxylation sites is 1. The third-order valence-electron chi connectivity index (χ3n) is 5.12. The number of carbonyl (C=O) groups excluding carboxylic acids is 1. The van der Waals surface area contributed by atoms with Crippen molar-refractivity contribution in [3.8, 4) is 5.75 Å². The molecule has 2 N–H and O–H groups in total. The van der Waals surface area contributed by atoms with Crippen LogP contribution in [0.4, 0.5) is 11.4 Å². The van der Waals surface area contributed by atoms with Crippen molar-refractivity contribution in [3.05, 3.63) is 59.0 Å². The second kappa shape index (κ2) is 6.49. The van der Waals surface area contributed by atoms with Crippen LogP contribution in [0.2, 0.25) is 0 Å². The fourth-order valence-corrected chi connectivity index (χ4v) is 4.80. The summed E-state index contributed by atoms with van der Waals surface area (Å²) in [5.74, 6) is 0.749. The van der Waals surface area contributed by atoms with Crippen molar-refractivity contribution in [1.82, 2.24) is 4.98 Å². The van der Waals surface area contributed by atoms with Gasteiger partial charge in [-0.05, 0) is 49.2 Å². The van der Waals surface area contributed by atoms with E-state index in [4.69, 9.17) is 15.5 Å². The number of ether oxygens (including phenoxy) is 1. The Morgan fingerprint density at radius 2 is 2.11 bits per heavy atom. The summed E-state index contributed by atoms with van der Waals surface area (Å²) in [6.07, 6.45) is 0.870. The summed E-state index contributed by atoms with van der Waals surface area (Å²) in [6.45, 7) is 3.24. The van der Waals surface area contributed by atoms with Crippen molar-refractivity contribution >= 4 is 49.7 Å². The second-order valence-electron chi connectivity index (χ2n) is 6.81. The van der Waals surface area contributed by atoms with Crippen LogP contribution in [0.25, 0.3) is 21.1 Å². The number of pyridine rings is 1. The van der Waals surface area contributed by atoms with Gasteiger partial charge in [0.05, 0.1) is 17.8 Å². The molecule has 2 aromatic heterocycles. The lowest BCUT2D eigenvalue weighted by Gasteiger charge is -2.16. The maximum absolute atomic E-state index is 13.2. The van der Waals surface area contributed by atoms with Crippen molar-refractivity contribution in [2.75, 3.05) is 23.8 Å². The number of benzene rings is 2. The summed E-state index contributed by atoms with van der Waals surface area (Å²) in [7, 11) is 0. The summed E-state index contributed by atoms with van der Waals surface area (Å²) in [4.78, 5) is 21.1. The lowest BCUT2D eigenvalue weighted by atomic mass is 10.1. The number of aromatic nitrogens is 1. The van der Waals surface area contributed by atoms with Gasteiger partial charge in [0.15, 0.2) is 0 Å². The molecule has 5 nitrogen and oxygen atoms in total. The van der Waals surface area contributed by atoms with E-state index in [1.165, 1.54) is 16.9 Å². The number of rotatable bonds is 3. The van der Waals surface area contributed by atoms with Crippen LogP contribution in [0.5, 0.6) is 5.75 Å². The Kier molecular flexibility index (Phi) is 3.94. The van der Waals surface area contributed by atoms with Gasteiger partial charge in [0.2, 0.25) is 0 Å². The zero-order chi connectivity index (χ0) is 19.3. The SMILES string of the molecule is CCOc1ccc2nc3sc(C(=O)N4CCc5ccccc54)c(N)c3cc2c1. The molecule has 1 amide bonds. The Hall–Kier alpha value is -3.12. The average Bonchev–Trinajstić information content (AvgIpc) is 3.28. The number of carbonyl (C=O) groups is 1. The summed E-state index contributed by atoms with van der Waals surface area (Å²) < 4.78 is 5.58. The number of thiophene rings is 1. The van der Waals surface area contributed by atoms with Gasteiger partial charge in [0, 0.05) is 23.0 Å². The van der Waals surface area contributed by atoms with Gasteiger partial charge >= 0.3 is 0 Å². The van der Waals surface area contributed by atoms with Crippen LogP contribution in [-0.4, -0.2) is 24.0 Å². The van der Waals surface area contributed by atoms with E-state index in [2.05, 4.69) is 6.07 Å². The second-order valence-corrected chi connectivity index (χ2v) is 7.81. The first-order valence-electron chi connectivity index (χ1n) is 9.31. The first kappa shape index (κ1) is 17.0. The highest BCUT2D eigenvalue weighted by atomic mass is 32.1. The molecule has 140 valence electrons. The molecule has 0 fully saturated rings. The van der Waals surface area contributed by atoms with Gasteiger partial charge in [0.25, 0.3) is 5.91 Å². The predicted molar refractivity (Wildman–Crippen MR) is 115 cm³/mol. The largest absolute Gasteiger partial charge is 0.494 e. The molecule has 5 rings (SSSR count). The average molecular weight is 389 g/mol. The topological polar surface area (TPSA) is 68.5 Å². The van der Waals surface area contributed by atoms with E-state index in [9.17, 15) is 4.79 Å². The van der Waals surface area contributed by atoms with Crippen molar-refractivity contribution in [1.29, 1.82) is 0 Å². The maximum Gasteiger partial charge on any atom is 0.270 e. The van der Waals surface area contributed by atoms with Gasteiger partial charge in [0.1, 0.15) is 15.5 Å². The third-order valence-corrected chi connectivity index (χ3v) is 6.23. The molecule has 0 spiro atoms. The van der Waals surface area contributed by atoms with Crippen LogP contribution >= 0.6 is 11.3 Å². The minimum atomic E-state index is -0.0514. The van der Waals surface area contributed by atoms with Crippen LogP contribution in [0.3, 0.4) is 0 Å². The minimum Gasteiger partial charge on any atom is -0.494 e. The molecule has 0 atom stereocenters. The molecule has 0 bridgehead atoms. The molecule has 0 unspecified atom stereocenters. The number of hydrogen-bond donors (Lipinski definition) is 1. The van der Waals surface area contributed by atoms with Crippen LogP contribution in [-0.2, 0) is 6.42 Å². The summed E-state index contributed by atoms with van der Waals surface area (Å²) in [5, 5.41) is 1.77. The maximum atomic E-state index is 13.2. The van der Waals surface area contributed by atoms with Crippen LogP contribution in [0, 0.1) is 0 Å². The zero-order valence-corrected chi connectivity index (χ0v) is 16.3. The first-order valence-corrected chi connectivity index (χ1v) is 10.1. The standard InChI is InChI=1S/C22H19N3O2S/c1-2-27-15-7-8-17-14(11-15)12-16-19(23)20(28-21(16)24-17)22(26)25-10-9-13-5-3-4-6-18(13)25/h3-8,11-12H,2,9-10,23H2,1H3. The van der Waals surface area contributed by atoms with Crippen molar-refractivity contribution in [3.63, 3.8) is 0 Å². The molecule has 6 heteroatoms. The lowest BCUT2D eigenvalue weighted by Crippen LogP contribution is -2.28. The van der Waals surface area contributed by atoms with Crippen molar-refractivity contribution < 1.29 is 9.53 Å². The van der Waals surface area contributed by atoms with Gasteiger partial charge in [-0.25, -0.2) is 4.98 Å². The van der Waals surface area contributed by atoms with E-state index in [0.29, 0.717) is 23.7 Å². The van der Waals surface area contributed by atoms with E-state index >= 15 is 0 Å². The third kappa shape index (κ3) is 2.60. The normalized spacial score (nSPS) is 13.2. The highest BCUT2D eigenvalue weighted by Gasteiger charge is 2.28. The van der Waals surface area contributed by atoms with Crippen LogP contribution in [0.15, 0.2) is 48.5 Å². The van der Waals surface area contributed by atoms with Crippen molar-refractivity contribution in [2.24, 2.45) is 0 Å². The van der Waals surface area contributed by atoms with Crippen LogP contribution < -0.4 is 15.4 Å². The van der Waals surface area contributed by atoms with Gasteiger partial charge in [-0.1, -0.05) is 18.2 Å². The van der Waals surface area contributed by atoms with Gasteiger partial charge in [-0.15, -0.1) is 11.3 Å². The Morgan fingerprint density at radius 3 is 2.96 bits per heavy atom.